The van der Waals surface area contributed by atoms with Gasteiger partial charge in [0.1, 0.15) is 6.33 Å². The summed E-state index contributed by atoms with van der Waals surface area (Å²) in [5.74, 6) is 0.791. The van der Waals surface area contributed by atoms with Crippen LogP contribution in [0.1, 0.15) is 11.4 Å². The first-order valence-electron chi connectivity index (χ1n) is 4.64. The summed E-state index contributed by atoms with van der Waals surface area (Å²) < 4.78 is 1.94. The van der Waals surface area contributed by atoms with Crippen LogP contribution in [0.2, 0.25) is 0 Å². The van der Waals surface area contributed by atoms with E-state index in [1.807, 2.05) is 41.1 Å². The van der Waals surface area contributed by atoms with E-state index in [1.54, 1.807) is 12.5 Å². The summed E-state index contributed by atoms with van der Waals surface area (Å²) in [6.07, 6.45) is 7.09. The molecule has 4 nitrogen and oxygen atoms in total. The van der Waals surface area contributed by atoms with Crippen molar-refractivity contribution >= 4 is 12.3 Å². The van der Waals surface area contributed by atoms with E-state index in [0.29, 0.717) is 0 Å². The first kappa shape index (κ1) is 8.11. The number of aromatic nitrogens is 3. The predicted octanol–water partition coefficient (Wildman–Crippen LogP) is 1.67. The number of fused-ring (bicyclic) bond motifs is 3. The Bertz CT molecular complexity index is 551. The van der Waals surface area contributed by atoms with Crippen LogP contribution in [0.25, 0.3) is 11.8 Å². The fraction of sp³-hybridized carbons (Fsp3) is 0. The Morgan fingerprint density at radius 2 is 2.07 bits per heavy atom. The van der Waals surface area contributed by atoms with Gasteiger partial charge in [0.05, 0.1) is 5.69 Å². The summed E-state index contributed by atoms with van der Waals surface area (Å²) in [6.45, 7) is 0. The Morgan fingerprint density at radius 1 is 1.13 bits per heavy atom. The summed E-state index contributed by atoms with van der Waals surface area (Å²) in [5.41, 5.74) is 2.11. The van der Waals surface area contributed by atoms with Gasteiger partial charge in [0.25, 0.3) is 0 Å². The minimum atomic E-state index is 0.791. The molecule has 0 fully saturated rings. The van der Waals surface area contributed by atoms with Gasteiger partial charge in [-0.15, -0.1) is 10.2 Å². The lowest BCUT2D eigenvalue weighted by atomic mass is 10.2. The number of para-hydroxylation sites is 1. The third-order valence-corrected chi connectivity index (χ3v) is 2.29. The molecule has 0 saturated carbocycles. The van der Waals surface area contributed by atoms with Crippen molar-refractivity contribution in [3.63, 3.8) is 0 Å². The van der Waals surface area contributed by atoms with Gasteiger partial charge in [-0.1, -0.05) is 18.2 Å². The monoisotopic (exact) mass is 196 g/mol. The maximum atomic E-state index is 4.16. The molecule has 0 bridgehead atoms. The molecular weight excluding hydrogens is 188 g/mol. The third-order valence-electron chi connectivity index (χ3n) is 2.29. The lowest BCUT2D eigenvalue weighted by molar-refractivity contribution is 1.03. The number of rotatable bonds is 0. The van der Waals surface area contributed by atoms with Crippen molar-refractivity contribution in [3.8, 4) is 5.69 Å². The SMILES string of the molecule is C1=Cc2nncn2-c2ccccc2C=N1. The average molecular weight is 196 g/mol. The molecule has 1 aliphatic heterocycles. The highest BCUT2D eigenvalue weighted by Gasteiger charge is 2.07. The van der Waals surface area contributed by atoms with Crippen molar-refractivity contribution in [2.75, 3.05) is 0 Å². The number of hydrogen-bond donors (Lipinski definition) is 0. The summed E-state index contributed by atoms with van der Waals surface area (Å²) in [6, 6.07) is 8.01. The molecule has 0 radical (unpaired) electrons. The van der Waals surface area contributed by atoms with E-state index in [1.165, 1.54) is 0 Å². The van der Waals surface area contributed by atoms with Crippen molar-refractivity contribution in [2.45, 2.75) is 0 Å². The van der Waals surface area contributed by atoms with Gasteiger partial charge in [0.2, 0.25) is 0 Å². The van der Waals surface area contributed by atoms with E-state index in [-0.39, 0.29) is 0 Å². The first-order chi connectivity index (χ1) is 7.45. The van der Waals surface area contributed by atoms with Crippen LogP contribution >= 0.6 is 0 Å². The summed E-state index contributed by atoms with van der Waals surface area (Å²) in [7, 11) is 0. The summed E-state index contributed by atoms with van der Waals surface area (Å²) in [4.78, 5) is 4.16. The molecule has 1 aromatic heterocycles. The van der Waals surface area contributed by atoms with Crippen molar-refractivity contribution < 1.29 is 0 Å². The lowest BCUT2D eigenvalue weighted by Crippen LogP contribution is -2.01. The van der Waals surface area contributed by atoms with Gasteiger partial charge in [0, 0.05) is 24.1 Å². The Balaban J connectivity index is 2.33. The molecule has 3 rings (SSSR count). The Kier molecular flexibility index (Phi) is 1.71. The van der Waals surface area contributed by atoms with E-state index >= 15 is 0 Å². The number of nitrogens with zero attached hydrogens (tertiary/aromatic N) is 4. The Labute approximate surface area is 86.6 Å². The van der Waals surface area contributed by atoms with Crippen LogP contribution in [0.3, 0.4) is 0 Å². The van der Waals surface area contributed by atoms with E-state index in [9.17, 15) is 0 Å². The quantitative estimate of drug-likeness (QED) is 0.643. The predicted molar refractivity (Wildman–Crippen MR) is 58.0 cm³/mol. The molecule has 0 saturated heterocycles. The number of aliphatic imine (C=N–C) groups is 1. The topological polar surface area (TPSA) is 43.1 Å². The van der Waals surface area contributed by atoms with Gasteiger partial charge in [-0.05, 0) is 6.07 Å². The molecule has 0 N–H and O–H groups in total. The maximum absolute atomic E-state index is 4.16. The van der Waals surface area contributed by atoms with Crippen LogP contribution in [-0.4, -0.2) is 21.0 Å². The fourth-order valence-electron chi connectivity index (χ4n) is 1.59. The molecule has 1 aromatic carbocycles. The second-order valence-corrected chi connectivity index (χ2v) is 3.21. The highest BCUT2D eigenvalue weighted by atomic mass is 15.3. The molecule has 4 heteroatoms. The van der Waals surface area contributed by atoms with Crippen molar-refractivity contribution in [2.24, 2.45) is 4.99 Å². The zero-order valence-corrected chi connectivity index (χ0v) is 7.91. The molecule has 2 aromatic rings. The zero-order chi connectivity index (χ0) is 10.1. The molecular formula is C11H8N4. The standard InChI is InChI=1S/C11H8N4/c1-2-4-10-9(3-1)7-12-6-5-11-14-13-8-15(10)11/h1-8H. The van der Waals surface area contributed by atoms with Gasteiger partial charge in [-0.25, -0.2) is 0 Å². The molecule has 15 heavy (non-hydrogen) atoms. The van der Waals surface area contributed by atoms with E-state index in [2.05, 4.69) is 15.2 Å². The van der Waals surface area contributed by atoms with Gasteiger partial charge < -0.3 is 0 Å². The van der Waals surface area contributed by atoms with E-state index in [4.69, 9.17) is 0 Å². The smallest absolute Gasteiger partial charge is 0.162 e. The minimum absolute atomic E-state index is 0.791. The van der Waals surface area contributed by atoms with Crippen LogP contribution in [0, 0.1) is 0 Å². The van der Waals surface area contributed by atoms with Crippen molar-refractivity contribution in [1.82, 2.24) is 14.8 Å². The van der Waals surface area contributed by atoms with E-state index in [0.717, 1.165) is 17.1 Å². The van der Waals surface area contributed by atoms with Gasteiger partial charge in [-0.2, -0.15) is 0 Å². The van der Waals surface area contributed by atoms with Crippen LogP contribution in [0.4, 0.5) is 0 Å². The van der Waals surface area contributed by atoms with Crippen molar-refractivity contribution in [3.05, 3.63) is 48.2 Å². The first-order valence-corrected chi connectivity index (χ1v) is 4.64. The molecule has 0 amide bonds. The number of hydrogen-bond acceptors (Lipinski definition) is 3. The van der Waals surface area contributed by atoms with Crippen LogP contribution < -0.4 is 0 Å². The maximum Gasteiger partial charge on any atom is 0.162 e. The highest BCUT2D eigenvalue weighted by molar-refractivity contribution is 5.86. The normalized spacial score (nSPS) is 12.8. The zero-order valence-electron chi connectivity index (χ0n) is 7.91. The van der Waals surface area contributed by atoms with E-state index < -0.39 is 0 Å². The largest absolute Gasteiger partial charge is 0.281 e. The third kappa shape index (κ3) is 1.27. The van der Waals surface area contributed by atoms with Crippen molar-refractivity contribution in [1.29, 1.82) is 0 Å². The number of benzene rings is 1. The second kappa shape index (κ2) is 3.16. The van der Waals surface area contributed by atoms with Gasteiger partial charge in [0.15, 0.2) is 5.82 Å². The van der Waals surface area contributed by atoms with Crippen LogP contribution in [0.5, 0.6) is 0 Å². The average Bonchev–Trinajstić information content (AvgIpc) is 2.69. The molecule has 0 unspecified atom stereocenters. The molecule has 0 spiro atoms. The molecule has 0 aliphatic carbocycles. The summed E-state index contributed by atoms with van der Waals surface area (Å²) >= 11 is 0. The van der Waals surface area contributed by atoms with Gasteiger partial charge >= 0.3 is 0 Å². The minimum Gasteiger partial charge on any atom is -0.281 e. The molecule has 2 heterocycles. The summed E-state index contributed by atoms with van der Waals surface area (Å²) in [5, 5.41) is 7.90. The van der Waals surface area contributed by atoms with Gasteiger partial charge in [-0.3, -0.25) is 9.56 Å². The molecule has 1 aliphatic rings. The fourth-order valence-corrected chi connectivity index (χ4v) is 1.59. The second-order valence-electron chi connectivity index (χ2n) is 3.21. The highest BCUT2D eigenvalue weighted by Crippen LogP contribution is 2.16. The van der Waals surface area contributed by atoms with Crippen LogP contribution in [-0.2, 0) is 0 Å². The Hall–Kier alpha value is -2.23. The molecule has 0 atom stereocenters. The van der Waals surface area contributed by atoms with Crippen LogP contribution in [0.15, 0.2) is 41.8 Å². The molecule has 72 valence electrons. The lowest BCUT2D eigenvalue weighted by Gasteiger charge is -2.08. The Morgan fingerprint density at radius 3 is 3.07 bits per heavy atom.